The summed E-state index contributed by atoms with van der Waals surface area (Å²) in [6.07, 6.45) is 1.53. The van der Waals surface area contributed by atoms with E-state index in [1.165, 1.54) is 35.6 Å². The molecule has 2 aliphatic heterocycles. The van der Waals surface area contributed by atoms with E-state index in [1.807, 2.05) is 0 Å². The number of amides is 2. The molecular weight excluding hydrogens is 356 g/mol. The minimum Gasteiger partial charge on any atom is -0.355 e. The first-order valence-electron chi connectivity index (χ1n) is 8.76. The van der Waals surface area contributed by atoms with Crippen LogP contribution in [0.2, 0.25) is 0 Å². The van der Waals surface area contributed by atoms with Crippen LogP contribution in [-0.4, -0.2) is 75.3 Å². The van der Waals surface area contributed by atoms with Gasteiger partial charge in [-0.25, -0.2) is 8.42 Å². The van der Waals surface area contributed by atoms with E-state index in [4.69, 9.17) is 0 Å². The van der Waals surface area contributed by atoms with E-state index in [-0.39, 0.29) is 22.8 Å². The molecule has 3 rings (SSSR count). The van der Waals surface area contributed by atoms with Crippen LogP contribution < -0.4 is 10.6 Å². The standard InChI is InChI=1S/C17H24N4O4S/c1-18-17(23)13-4-6-15(7-5-13)26(24,25)20-9-2-3-14(12-20)21-10-8-19-11-16(21)22/h4-7,14,19H,2-3,8-12H2,1H3,(H,18,23). The fourth-order valence-corrected chi connectivity index (χ4v) is 4.99. The van der Waals surface area contributed by atoms with Crippen molar-refractivity contribution in [2.75, 3.05) is 39.8 Å². The van der Waals surface area contributed by atoms with Gasteiger partial charge in [0.05, 0.1) is 11.4 Å². The molecule has 2 amide bonds. The average Bonchev–Trinajstić information content (AvgIpc) is 2.68. The molecule has 142 valence electrons. The predicted octanol–water partition coefficient (Wildman–Crippen LogP) is -0.369. The maximum absolute atomic E-state index is 13.0. The molecular formula is C17H24N4O4S. The molecule has 8 nitrogen and oxygen atoms in total. The molecule has 0 saturated carbocycles. The summed E-state index contributed by atoms with van der Waals surface area (Å²) >= 11 is 0. The van der Waals surface area contributed by atoms with Crippen LogP contribution in [0, 0.1) is 0 Å². The molecule has 0 aliphatic carbocycles. The van der Waals surface area contributed by atoms with Gasteiger partial charge in [0.2, 0.25) is 15.9 Å². The van der Waals surface area contributed by atoms with E-state index >= 15 is 0 Å². The SMILES string of the molecule is CNC(=O)c1ccc(S(=O)(=O)N2CCCC(N3CCNCC3=O)C2)cc1. The van der Waals surface area contributed by atoms with E-state index in [0.717, 1.165) is 19.4 Å². The van der Waals surface area contributed by atoms with Crippen molar-refractivity contribution in [1.29, 1.82) is 0 Å². The third kappa shape index (κ3) is 3.74. The fraction of sp³-hybridized carbons (Fsp3) is 0.529. The molecule has 0 aromatic heterocycles. The molecule has 1 unspecified atom stereocenters. The van der Waals surface area contributed by atoms with Gasteiger partial charge < -0.3 is 15.5 Å². The second-order valence-corrected chi connectivity index (χ2v) is 8.46. The molecule has 2 N–H and O–H groups in total. The molecule has 1 aromatic carbocycles. The van der Waals surface area contributed by atoms with E-state index in [2.05, 4.69) is 10.6 Å². The summed E-state index contributed by atoms with van der Waals surface area (Å²) in [6.45, 7) is 2.40. The van der Waals surface area contributed by atoms with Crippen LogP contribution in [0.15, 0.2) is 29.2 Å². The Bertz CT molecular complexity index is 778. The number of hydrogen-bond donors (Lipinski definition) is 2. The van der Waals surface area contributed by atoms with Crippen LogP contribution in [0.3, 0.4) is 0 Å². The molecule has 9 heteroatoms. The summed E-state index contributed by atoms with van der Waals surface area (Å²) < 4.78 is 27.4. The highest BCUT2D eigenvalue weighted by molar-refractivity contribution is 7.89. The minimum atomic E-state index is -3.65. The van der Waals surface area contributed by atoms with E-state index in [1.54, 1.807) is 4.90 Å². The van der Waals surface area contributed by atoms with Crippen molar-refractivity contribution >= 4 is 21.8 Å². The van der Waals surface area contributed by atoms with Gasteiger partial charge in [0, 0.05) is 44.8 Å². The monoisotopic (exact) mass is 380 g/mol. The maximum Gasteiger partial charge on any atom is 0.251 e. The van der Waals surface area contributed by atoms with Gasteiger partial charge >= 0.3 is 0 Å². The van der Waals surface area contributed by atoms with Gasteiger partial charge in [0.25, 0.3) is 5.91 Å². The van der Waals surface area contributed by atoms with Gasteiger partial charge in [0.15, 0.2) is 0 Å². The van der Waals surface area contributed by atoms with Crippen molar-refractivity contribution in [2.45, 2.75) is 23.8 Å². The Labute approximate surface area is 153 Å². The number of rotatable bonds is 4. The summed E-state index contributed by atoms with van der Waals surface area (Å²) in [6, 6.07) is 5.84. The number of benzene rings is 1. The Morgan fingerprint density at radius 3 is 2.62 bits per heavy atom. The van der Waals surface area contributed by atoms with Gasteiger partial charge in [-0.15, -0.1) is 0 Å². The second-order valence-electron chi connectivity index (χ2n) is 6.53. The van der Waals surface area contributed by atoms with E-state index in [9.17, 15) is 18.0 Å². The molecule has 2 saturated heterocycles. The van der Waals surface area contributed by atoms with Crippen molar-refractivity contribution in [3.63, 3.8) is 0 Å². The lowest BCUT2D eigenvalue weighted by Gasteiger charge is -2.40. The highest BCUT2D eigenvalue weighted by Crippen LogP contribution is 2.24. The lowest BCUT2D eigenvalue weighted by molar-refractivity contribution is -0.135. The number of hydrogen-bond acceptors (Lipinski definition) is 5. The summed E-state index contributed by atoms with van der Waals surface area (Å²) in [7, 11) is -2.13. The first kappa shape index (κ1) is 18.8. The van der Waals surface area contributed by atoms with Crippen LogP contribution >= 0.6 is 0 Å². The van der Waals surface area contributed by atoms with E-state index < -0.39 is 10.0 Å². The molecule has 2 fully saturated rings. The number of carbonyl (C=O) groups excluding carboxylic acids is 2. The van der Waals surface area contributed by atoms with Crippen LogP contribution in [-0.2, 0) is 14.8 Å². The highest BCUT2D eigenvalue weighted by Gasteiger charge is 2.35. The lowest BCUT2D eigenvalue weighted by Crippen LogP contribution is -2.57. The molecule has 1 aromatic rings. The largest absolute Gasteiger partial charge is 0.355 e. The van der Waals surface area contributed by atoms with Crippen molar-refractivity contribution in [3.8, 4) is 0 Å². The first-order chi connectivity index (χ1) is 12.4. The lowest BCUT2D eigenvalue weighted by atomic mass is 10.1. The highest BCUT2D eigenvalue weighted by atomic mass is 32.2. The van der Waals surface area contributed by atoms with Crippen molar-refractivity contribution in [2.24, 2.45) is 0 Å². The molecule has 2 heterocycles. The molecule has 0 bridgehead atoms. The molecule has 0 radical (unpaired) electrons. The van der Waals surface area contributed by atoms with Crippen LogP contribution in [0.4, 0.5) is 0 Å². The van der Waals surface area contributed by atoms with Crippen molar-refractivity contribution in [1.82, 2.24) is 19.8 Å². The Balaban J connectivity index is 1.76. The fourth-order valence-electron chi connectivity index (χ4n) is 3.47. The van der Waals surface area contributed by atoms with E-state index in [0.29, 0.717) is 31.7 Å². The third-order valence-corrected chi connectivity index (χ3v) is 6.79. The van der Waals surface area contributed by atoms with Gasteiger partial charge in [-0.3, -0.25) is 9.59 Å². The normalized spacial score (nSPS) is 22.3. The van der Waals surface area contributed by atoms with Crippen molar-refractivity contribution in [3.05, 3.63) is 29.8 Å². The summed E-state index contributed by atoms with van der Waals surface area (Å²) in [4.78, 5) is 25.7. The predicted molar refractivity (Wildman–Crippen MR) is 96.2 cm³/mol. The van der Waals surface area contributed by atoms with Gasteiger partial charge in [-0.1, -0.05) is 0 Å². The molecule has 26 heavy (non-hydrogen) atoms. The number of nitrogens with one attached hydrogen (secondary N) is 2. The first-order valence-corrected chi connectivity index (χ1v) is 10.2. The maximum atomic E-state index is 13.0. The van der Waals surface area contributed by atoms with Crippen LogP contribution in [0.25, 0.3) is 0 Å². The van der Waals surface area contributed by atoms with Gasteiger partial charge in [0.1, 0.15) is 0 Å². The minimum absolute atomic E-state index is 0.0235. The molecule has 2 aliphatic rings. The average molecular weight is 380 g/mol. The number of nitrogens with zero attached hydrogens (tertiary/aromatic N) is 2. The Kier molecular flexibility index (Phi) is 5.59. The number of piperazine rings is 1. The van der Waals surface area contributed by atoms with Crippen LogP contribution in [0.5, 0.6) is 0 Å². The second kappa shape index (κ2) is 7.73. The summed E-state index contributed by atoms with van der Waals surface area (Å²) in [5, 5.41) is 5.54. The smallest absolute Gasteiger partial charge is 0.251 e. The Morgan fingerprint density at radius 2 is 1.96 bits per heavy atom. The molecule has 1 atom stereocenters. The number of sulfonamides is 1. The topological polar surface area (TPSA) is 98.8 Å². The third-order valence-electron chi connectivity index (χ3n) is 4.91. The molecule has 0 spiro atoms. The van der Waals surface area contributed by atoms with Crippen LogP contribution in [0.1, 0.15) is 23.2 Å². The quantitative estimate of drug-likeness (QED) is 0.743. The number of piperidine rings is 1. The summed E-state index contributed by atoms with van der Waals surface area (Å²) in [5.74, 6) is -0.236. The zero-order valence-corrected chi connectivity index (χ0v) is 15.6. The number of carbonyl (C=O) groups is 2. The zero-order chi connectivity index (χ0) is 18.7. The zero-order valence-electron chi connectivity index (χ0n) is 14.8. The Morgan fingerprint density at radius 1 is 1.23 bits per heavy atom. The summed E-state index contributed by atoms with van der Waals surface area (Å²) in [5.41, 5.74) is 0.411. The van der Waals surface area contributed by atoms with Gasteiger partial charge in [-0.05, 0) is 37.1 Å². The van der Waals surface area contributed by atoms with Gasteiger partial charge in [-0.2, -0.15) is 4.31 Å². The van der Waals surface area contributed by atoms with Crippen molar-refractivity contribution < 1.29 is 18.0 Å². The Hall–Kier alpha value is -1.97.